The highest BCUT2D eigenvalue weighted by molar-refractivity contribution is 5.91. The Balaban J connectivity index is 1.61. The average molecular weight is 319 g/mol. The van der Waals surface area contributed by atoms with Crippen LogP contribution in [0, 0.1) is 5.92 Å². The Hall–Kier alpha value is -1.40. The molecule has 0 aliphatic carbocycles. The van der Waals surface area contributed by atoms with Crippen LogP contribution in [0.4, 0.5) is 5.82 Å². The molecule has 0 bridgehead atoms. The van der Waals surface area contributed by atoms with E-state index in [1.807, 2.05) is 10.7 Å². The lowest BCUT2D eigenvalue weighted by Gasteiger charge is -2.32. The maximum absolute atomic E-state index is 12.6. The van der Waals surface area contributed by atoms with Gasteiger partial charge in [-0.2, -0.15) is 5.10 Å². The molecule has 6 nitrogen and oxygen atoms in total. The smallest absolute Gasteiger partial charge is 0.228 e. The zero-order chi connectivity index (χ0) is 16.2. The molecule has 3 heterocycles. The summed E-state index contributed by atoms with van der Waals surface area (Å²) in [4.78, 5) is 15.0. The van der Waals surface area contributed by atoms with Gasteiger partial charge >= 0.3 is 0 Å². The highest BCUT2D eigenvalue weighted by atomic mass is 16.2. The van der Waals surface area contributed by atoms with Crippen LogP contribution in [0.15, 0.2) is 12.3 Å². The first-order chi connectivity index (χ1) is 11.2. The SMILES string of the molecule is CCN1CCC(n2nccc2NC(=O)[C@H]2CCN[C@@H](C)C2)CC1. The number of anilines is 1. The van der Waals surface area contributed by atoms with Gasteiger partial charge in [0.1, 0.15) is 5.82 Å². The molecular formula is C17H29N5O. The first kappa shape index (κ1) is 16.5. The number of carbonyl (C=O) groups excluding carboxylic acids is 1. The maximum atomic E-state index is 12.6. The fraction of sp³-hybridized carbons (Fsp3) is 0.765. The summed E-state index contributed by atoms with van der Waals surface area (Å²) in [5.74, 6) is 1.11. The van der Waals surface area contributed by atoms with E-state index in [2.05, 4.69) is 34.5 Å². The van der Waals surface area contributed by atoms with Crippen LogP contribution in [-0.4, -0.2) is 52.8 Å². The molecule has 0 saturated carbocycles. The van der Waals surface area contributed by atoms with Crippen LogP contribution in [0.25, 0.3) is 0 Å². The Morgan fingerprint density at radius 2 is 2.17 bits per heavy atom. The fourth-order valence-corrected chi connectivity index (χ4v) is 3.78. The van der Waals surface area contributed by atoms with E-state index in [-0.39, 0.29) is 11.8 Å². The van der Waals surface area contributed by atoms with Gasteiger partial charge in [0.25, 0.3) is 0 Å². The van der Waals surface area contributed by atoms with Crippen molar-refractivity contribution in [1.29, 1.82) is 0 Å². The number of nitrogens with zero attached hydrogens (tertiary/aromatic N) is 3. The van der Waals surface area contributed by atoms with Gasteiger partial charge in [0.15, 0.2) is 0 Å². The van der Waals surface area contributed by atoms with Crippen molar-refractivity contribution < 1.29 is 4.79 Å². The summed E-state index contributed by atoms with van der Waals surface area (Å²) in [5, 5.41) is 11.0. The van der Waals surface area contributed by atoms with E-state index >= 15 is 0 Å². The van der Waals surface area contributed by atoms with E-state index in [1.165, 1.54) is 0 Å². The molecule has 2 atom stereocenters. The van der Waals surface area contributed by atoms with Gasteiger partial charge in [0.05, 0.1) is 12.2 Å². The maximum Gasteiger partial charge on any atom is 0.228 e. The third-order valence-electron chi connectivity index (χ3n) is 5.27. The lowest BCUT2D eigenvalue weighted by Crippen LogP contribution is -2.40. The highest BCUT2D eigenvalue weighted by Crippen LogP contribution is 2.26. The first-order valence-electron chi connectivity index (χ1n) is 8.97. The number of piperidine rings is 2. The van der Waals surface area contributed by atoms with Crippen LogP contribution in [0.3, 0.4) is 0 Å². The second kappa shape index (κ2) is 7.45. The van der Waals surface area contributed by atoms with E-state index in [9.17, 15) is 4.79 Å². The lowest BCUT2D eigenvalue weighted by molar-refractivity contribution is -0.120. The summed E-state index contributed by atoms with van der Waals surface area (Å²) in [7, 11) is 0. The summed E-state index contributed by atoms with van der Waals surface area (Å²) in [6, 6.07) is 2.74. The number of carbonyl (C=O) groups is 1. The van der Waals surface area contributed by atoms with E-state index < -0.39 is 0 Å². The van der Waals surface area contributed by atoms with Crippen LogP contribution < -0.4 is 10.6 Å². The van der Waals surface area contributed by atoms with E-state index in [1.54, 1.807) is 6.20 Å². The predicted octanol–water partition coefficient (Wildman–Crippen LogP) is 1.87. The largest absolute Gasteiger partial charge is 0.314 e. The Morgan fingerprint density at radius 1 is 1.39 bits per heavy atom. The summed E-state index contributed by atoms with van der Waals surface area (Å²) in [6.07, 6.45) is 5.83. The van der Waals surface area contributed by atoms with Gasteiger partial charge in [-0.25, -0.2) is 4.68 Å². The molecule has 128 valence electrons. The Labute approximate surface area is 138 Å². The van der Waals surface area contributed by atoms with Gasteiger partial charge in [-0.15, -0.1) is 0 Å². The number of rotatable bonds is 4. The Morgan fingerprint density at radius 3 is 2.87 bits per heavy atom. The van der Waals surface area contributed by atoms with E-state index in [0.717, 1.165) is 57.7 Å². The highest BCUT2D eigenvalue weighted by Gasteiger charge is 2.27. The van der Waals surface area contributed by atoms with Crippen LogP contribution in [-0.2, 0) is 4.79 Å². The standard InChI is InChI=1S/C17H29N5O/c1-3-21-10-6-15(7-11-21)22-16(5-9-19-22)20-17(23)14-4-8-18-13(2)12-14/h5,9,13-15,18H,3-4,6-8,10-12H2,1-2H3,(H,20,23)/t13-,14-/m0/s1. The Kier molecular flexibility index (Phi) is 5.33. The van der Waals surface area contributed by atoms with Crippen molar-refractivity contribution in [2.45, 2.75) is 51.6 Å². The third-order valence-corrected chi connectivity index (χ3v) is 5.27. The van der Waals surface area contributed by atoms with Crippen molar-refractivity contribution in [3.05, 3.63) is 12.3 Å². The molecule has 1 aromatic rings. The van der Waals surface area contributed by atoms with Crippen molar-refractivity contribution in [2.24, 2.45) is 5.92 Å². The molecule has 2 aliphatic heterocycles. The van der Waals surface area contributed by atoms with Crippen molar-refractivity contribution in [3.63, 3.8) is 0 Å². The number of hydrogen-bond donors (Lipinski definition) is 2. The lowest BCUT2D eigenvalue weighted by atomic mass is 9.92. The summed E-state index contributed by atoms with van der Waals surface area (Å²) >= 11 is 0. The molecule has 1 aromatic heterocycles. The number of hydrogen-bond acceptors (Lipinski definition) is 4. The van der Waals surface area contributed by atoms with Crippen molar-refractivity contribution in [3.8, 4) is 0 Å². The van der Waals surface area contributed by atoms with Crippen LogP contribution in [0.1, 0.15) is 45.6 Å². The third kappa shape index (κ3) is 3.93. The second-order valence-corrected chi connectivity index (χ2v) is 6.89. The van der Waals surface area contributed by atoms with Crippen molar-refractivity contribution in [2.75, 3.05) is 31.5 Å². The van der Waals surface area contributed by atoms with Gasteiger partial charge < -0.3 is 15.5 Å². The van der Waals surface area contributed by atoms with Gasteiger partial charge in [-0.1, -0.05) is 6.92 Å². The van der Waals surface area contributed by atoms with E-state index in [4.69, 9.17) is 0 Å². The summed E-state index contributed by atoms with van der Waals surface area (Å²) in [5.41, 5.74) is 0. The molecule has 0 aromatic carbocycles. The zero-order valence-corrected chi connectivity index (χ0v) is 14.3. The molecule has 2 saturated heterocycles. The van der Waals surface area contributed by atoms with Crippen molar-refractivity contribution >= 4 is 11.7 Å². The minimum absolute atomic E-state index is 0.108. The molecule has 2 N–H and O–H groups in total. The molecule has 2 aliphatic rings. The molecule has 0 spiro atoms. The first-order valence-corrected chi connectivity index (χ1v) is 8.97. The zero-order valence-electron chi connectivity index (χ0n) is 14.3. The monoisotopic (exact) mass is 319 g/mol. The fourth-order valence-electron chi connectivity index (χ4n) is 3.78. The minimum Gasteiger partial charge on any atom is -0.314 e. The van der Waals surface area contributed by atoms with Crippen LogP contribution in [0.2, 0.25) is 0 Å². The van der Waals surface area contributed by atoms with Gasteiger partial charge in [-0.05, 0) is 45.7 Å². The Bertz CT molecular complexity index is 521. The number of likely N-dealkylation sites (tertiary alicyclic amines) is 1. The average Bonchev–Trinajstić information content (AvgIpc) is 3.03. The molecular weight excluding hydrogens is 290 g/mol. The van der Waals surface area contributed by atoms with Gasteiger partial charge in [0, 0.05) is 31.1 Å². The van der Waals surface area contributed by atoms with Gasteiger partial charge in [0.2, 0.25) is 5.91 Å². The molecule has 3 rings (SSSR count). The molecule has 6 heteroatoms. The van der Waals surface area contributed by atoms with Crippen molar-refractivity contribution in [1.82, 2.24) is 20.0 Å². The van der Waals surface area contributed by atoms with Crippen LogP contribution in [0.5, 0.6) is 0 Å². The molecule has 1 amide bonds. The molecule has 0 radical (unpaired) electrons. The number of aromatic nitrogens is 2. The van der Waals surface area contributed by atoms with E-state index in [0.29, 0.717) is 12.1 Å². The number of amides is 1. The summed E-state index contributed by atoms with van der Waals surface area (Å²) in [6.45, 7) is 8.61. The minimum atomic E-state index is 0.108. The topological polar surface area (TPSA) is 62.2 Å². The van der Waals surface area contributed by atoms with Gasteiger partial charge in [-0.3, -0.25) is 4.79 Å². The number of nitrogens with one attached hydrogen (secondary N) is 2. The molecule has 23 heavy (non-hydrogen) atoms. The second-order valence-electron chi connectivity index (χ2n) is 6.89. The normalized spacial score (nSPS) is 27.0. The quantitative estimate of drug-likeness (QED) is 0.889. The predicted molar refractivity (Wildman–Crippen MR) is 91.4 cm³/mol. The molecule has 2 fully saturated rings. The van der Waals surface area contributed by atoms with Crippen LogP contribution >= 0.6 is 0 Å². The molecule has 0 unspecified atom stereocenters. The summed E-state index contributed by atoms with van der Waals surface area (Å²) < 4.78 is 2.02.